The van der Waals surface area contributed by atoms with E-state index in [0.29, 0.717) is 6.54 Å². The number of anilines is 1. The Hall–Kier alpha value is -1.65. The molecule has 0 aliphatic carbocycles. The van der Waals surface area contributed by atoms with E-state index in [9.17, 15) is 13.6 Å². The number of carbonyl (C=O) groups excluding carboxylic acids is 1. The van der Waals surface area contributed by atoms with Gasteiger partial charge in [0.2, 0.25) is 0 Å². The van der Waals surface area contributed by atoms with Crippen molar-refractivity contribution in [1.82, 2.24) is 4.90 Å². The first-order valence-electron chi connectivity index (χ1n) is 7.56. The second-order valence-electron chi connectivity index (χ2n) is 5.47. The fourth-order valence-corrected chi connectivity index (χ4v) is 2.97. The molecule has 1 saturated heterocycles. The molecule has 1 aliphatic heterocycles. The molecule has 1 fully saturated rings. The zero-order chi connectivity index (χ0) is 15.4. The smallest absolute Gasteiger partial charge is 0.254 e. The summed E-state index contributed by atoms with van der Waals surface area (Å²) in [6, 6.07) is 2.40. The lowest BCUT2D eigenvalue weighted by Gasteiger charge is -2.29. The maximum absolute atomic E-state index is 13.8. The van der Waals surface area contributed by atoms with E-state index in [1.54, 1.807) is 4.90 Å². The largest absolute Gasteiger partial charge is 0.383 e. The first-order valence-corrected chi connectivity index (χ1v) is 7.56. The van der Waals surface area contributed by atoms with Gasteiger partial charge >= 0.3 is 0 Å². The van der Waals surface area contributed by atoms with Crippen molar-refractivity contribution < 1.29 is 13.6 Å². The summed E-state index contributed by atoms with van der Waals surface area (Å²) in [7, 11) is 1.45. The van der Waals surface area contributed by atoms with Gasteiger partial charge in [-0.3, -0.25) is 4.79 Å². The fraction of sp³-hybridized carbons (Fsp3) is 0.562. The van der Waals surface area contributed by atoms with Crippen LogP contribution in [0.5, 0.6) is 0 Å². The van der Waals surface area contributed by atoms with Crippen molar-refractivity contribution in [3.63, 3.8) is 0 Å². The van der Waals surface area contributed by atoms with Crippen molar-refractivity contribution in [3.05, 3.63) is 29.3 Å². The monoisotopic (exact) mass is 296 g/mol. The Morgan fingerprint density at radius 2 is 1.95 bits per heavy atom. The van der Waals surface area contributed by atoms with Gasteiger partial charge in [-0.25, -0.2) is 8.78 Å². The highest BCUT2D eigenvalue weighted by Crippen LogP contribution is 2.25. The topological polar surface area (TPSA) is 32.3 Å². The Morgan fingerprint density at radius 3 is 2.52 bits per heavy atom. The molecule has 0 saturated carbocycles. The molecule has 116 valence electrons. The van der Waals surface area contributed by atoms with Crippen molar-refractivity contribution >= 4 is 11.6 Å². The molecule has 1 aromatic rings. The molecule has 1 aliphatic rings. The van der Waals surface area contributed by atoms with Crippen LogP contribution < -0.4 is 5.32 Å². The number of nitrogens with zero attached hydrogens (tertiary/aromatic N) is 1. The molecule has 3 nitrogen and oxygen atoms in total. The molecule has 1 aromatic carbocycles. The van der Waals surface area contributed by atoms with Gasteiger partial charge in [0.15, 0.2) is 0 Å². The van der Waals surface area contributed by atoms with E-state index >= 15 is 0 Å². The Labute approximate surface area is 124 Å². The summed E-state index contributed by atoms with van der Waals surface area (Å²) >= 11 is 0. The number of halogens is 2. The zero-order valence-electron chi connectivity index (χ0n) is 12.6. The van der Waals surface area contributed by atoms with Crippen LogP contribution in [0.25, 0.3) is 0 Å². The lowest BCUT2D eigenvalue weighted by Crippen LogP contribution is -2.39. The second kappa shape index (κ2) is 6.87. The summed E-state index contributed by atoms with van der Waals surface area (Å²) in [5.74, 6) is -1.74. The highest BCUT2D eigenvalue weighted by Gasteiger charge is 2.26. The normalized spacial score (nSPS) is 19.2. The molecule has 0 radical (unpaired) electrons. The zero-order valence-corrected chi connectivity index (χ0v) is 12.6. The van der Waals surface area contributed by atoms with E-state index in [1.165, 1.54) is 7.05 Å². The molecule has 1 unspecified atom stereocenters. The number of rotatable bonds is 3. The Morgan fingerprint density at radius 1 is 1.29 bits per heavy atom. The summed E-state index contributed by atoms with van der Waals surface area (Å²) in [6.07, 6.45) is 4.97. The van der Waals surface area contributed by atoms with E-state index in [0.717, 1.165) is 44.2 Å². The fourth-order valence-electron chi connectivity index (χ4n) is 2.97. The van der Waals surface area contributed by atoms with Crippen LogP contribution in [0.1, 0.15) is 49.4 Å². The molecule has 2 rings (SSSR count). The van der Waals surface area contributed by atoms with Crippen LogP contribution in [-0.4, -0.2) is 30.4 Å². The highest BCUT2D eigenvalue weighted by atomic mass is 19.1. The van der Waals surface area contributed by atoms with E-state index in [2.05, 4.69) is 5.32 Å². The van der Waals surface area contributed by atoms with Crippen LogP contribution in [0, 0.1) is 11.6 Å². The molecule has 1 amide bonds. The first-order chi connectivity index (χ1) is 10.1. The van der Waals surface area contributed by atoms with Gasteiger partial charge in [-0.15, -0.1) is 0 Å². The average Bonchev–Trinajstić information content (AvgIpc) is 2.71. The predicted octanol–water partition coefficient (Wildman–Crippen LogP) is 3.80. The molecule has 0 spiro atoms. The molecule has 1 atom stereocenters. The minimum Gasteiger partial charge on any atom is -0.383 e. The van der Waals surface area contributed by atoms with Crippen molar-refractivity contribution in [2.75, 3.05) is 18.9 Å². The van der Waals surface area contributed by atoms with Crippen LogP contribution in [0.3, 0.4) is 0 Å². The van der Waals surface area contributed by atoms with Gasteiger partial charge in [-0.2, -0.15) is 0 Å². The number of benzene rings is 1. The van der Waals surface area contributed by atoms with Crippen molar-refractivity contribution in [1.29, 1.82) is 0 Å². The predicted molar refractivity (Wildman–Crippen MR) is 79.5 cm³/mol. The lowest BCUT2D eigenvalue weighted by molar-refractivity contribution is 0.0677. The standard InChI is InChI=1S/C16H22F2N2O/c1-3-12-7-5-4-6-8-20(12)16(21)11-9-13(17)15(19-2)14(18)10-11/h9-10,12,19H,3-8H2,1-2H3. The Kier molecular flexibility index (Phi) is 5.15. The van der Waals surface area contributed by atoms with Gasteiger partial charge in [0.1, 0.15) is 17.3 Å². The van der Waals surface area contributed by atoms with E-state index < -0.39 is 11.6 Å². The van der Waals surface area contributed by atoms with Crippen LogP contribution >= 0.6 is 0 Å². The third-order valence-electron chi connectivity index (χ3n) is 4.15. The number of amides is 1. The van der Waals surface area contributed by atoms with E-state index in [-0.39, 0.29) is 23.2 Å². The first kappa shape index (κ1) is 15.7. The number of hydrogen-bond donors (Lipinski definition) is 1. The summed E-state index contributed by atoms with van der Waals surface area (Å²) in [4.78, 5) is 14.4. The van der Waals surface area contributed by atoms with Crippen LogP contribution in [-0.2, 0) is 0 Å². The number of likely N-dealkylation sites (tertiary alicyclic amines) is 1. The van der Waals surface area contributed by atoms with Crippen molar-refractivity contribution in [3.8, 4) is 0 Å². The van der Waals surface area contributed by atoms with Crippen molar-refractivity contribution in [2.45, 2.75) is 45.1 Å². The second-order valence-corrected chi connectivity index (χ2v) is 5.47. The Bertz CT molecular complexity index is 496. The SMILES string of the molecule is CCC1CCCCCN1C(=O)c1cc(F)c(NC)c(F)c1. The van der Waals surface area contributed by atoms with Crippen LogP contribution in [0.15, 0.2) is 12.1 Å². The number of carbonyl (C=O) groups is 1. The molecule has 1 heterocycles. The van der Waals surface area contributed by atoms with Gasteiger partial charge in [0.25, 0.3) is 5.91 Å². The molecular formula is C16H22F2N2O. The minimum atomic E-state index is -0.733. The van der Waals surface area contributed by atoms with Gasteiger partial charge in [-0.1, -0.05) is 19.8 Å². The summed E-state index contributed by atoms with van der Waals surface area (Å²) < 4.78 is 27.6. The average molecular weight is 296 g/mol. The number of hydrogen-bond acceptors (Lipinski definition) is 2. The van der Waals surface area contributed by atoms with Gasteiger partial charge < -0.3 is 10.2 Å². The molecular weight excluding hydrogens is 274 g/mol. The summed E-state index contributed by atoms with van der Waals surface area (Å²) in [6.45, 7) is 2.70. The maximum atomic E-state index is 13.8. The molecule has 21 heavy (non-hydrogen) atoms. The van der Waals surface area contributed by atoms with E-state index in [1.807, 2.05) is 6.92 Å². The molecule has 0 bridgehead atoms. The van der Waals surface area contributed by atoms with E-state index in [4.69, 9.17) is 0 Å². The quantitative estimate of drug-likeness (QED) is 0.920. The third kappa shape index (κ3) is 3.34. The van der Waals surface area contributed by atoms with Gasteiger partial charge in [-0.05, 0) is 31.4 Å². The maximum Gasteiger partial charge on any atom is 0.254 e. The van der Waals surface area contributed by atoms with Gasteiger partial charge in [0.05, 0.1) is 0 Å². The minimum absolute atomic E-state index is 0.0874. The molecule has 1 N–H and O–H groups in total. The number of nitrogens with one attached hydrogen (secondary N) is 1. The van der Waals surface area contributed by atoms with Crippen molar-refractivity contribution in [2.24, 2.45) is 0 Å². The molecule has 5 heteroatoms. The van der Waals surface area contributed by atoms with Gasteiger partial charge in [0, 0.05) is 25.2 Å². The summed E-state index contributed by atoms with van der Waals surface area (Å²) in [5, 5.41) is 2.46. The van der Waals surface area contributed by atoms with Crippen LogP contribution in [0.2, 0.25) is 0 Å². The summed E-state index contributed by atoms with van der Waals surface area (Å²) in [5.41, 5.74) is -0.112. The van der Waals surface area contributed by atoms with Crippen LogP contribution in [0.4, 0.5) is 14.5 Å². The third-order valence-corrected chi connectivity index (χ3v) is 4.15. The Balaban J connectivity index is 2.29. The highest BCUT2D eigenvalue weighted by molar-refractivity contribution is 5.95. The molecule has 0 aromatic heterocycles. The lowest BCUT2D eigenvalue weighted by atomic mass is 10.1.